The molecule has 0 fully saturated rings. The number of aliphatic carboxylic acids is 1. The van der Waals surface area contributed by atoms with E-state index in [4.69, 9.17) is 9.84 Å². The molecule has 34 heavy (non-hydrogen) atoms. The molecule has 0 saturated carbocycles. The molecule has 3 aromatic carbocycles. The summed E-state index contributed by atoms with van der Waals surface area (Å²) in [6, 6.07) is 21.0. The van der Waals surface area contributed by atoms with Crippen molar-refractivity contribution in [3.05, 3.63) is 89.0 Å². The number of amides is 2. The van der Waals surface area contributed by atoms with Gasteiger partial charge < -0.3 is 15.2 Å². The van der Waals surface area contributed by atoms with Crippen LogP contribution in [0.5, 0.6) is 0 Å². The first-order chi connectivity index (χ1) is 16.4. The number of anilines is 1. The molecule has 3 aromatic rings. The zero-order valence-corrected chi connectivity index (χ0v) is 18.4. The third-order valence-corrected chi connectivity index (χ3v) is 5.60. The second-order valence-electron chi connectivity index (χ2n) is 7.77. The molecule has 4 rings (SSSR count). The molecule has 0 bridgehead atoms. The van der Waals surface area contributed by atoms with Gasteiger partial charge in [0.1, 0.15) is 6.61 Å². The highest BCUT2D eigenvalue weighted by Crippen LogP contribution is 2.44. The number of fused-ring (bicyclic) bond motifs is 3. The van der Waals surface area contributed by atoms with Crippen molar-refractivity contribution in [1.29, 1.82) is 0 Å². The van der Waals surface area contributed by atoms with Gasteiger partial charge in [0.25, 0.3) is 5.91 Å². The molecule has 0 unspecified atom stereocenters. The minimum atomic E-state index is -1.26. The largest absolute Gasteiger partial charge is 0.472 e. The normalized spacial score (nSPS) is 11.4. The van der Waals surface area contributed by atoms with Crippen LogP contribution >= 0.6 is 0 Å². The summed E-state index contributed by atoms with van der Waals surface area (Å²) in [6.07, 6.45) is -0.578. The number of aryl methyl sites for hydroxylation is 1. The van der Waals surface area contributed by atoms with Crippen LogP contribution in [0.2, 0.25) is 0 Å². The second kappa shape index (κ2) is 9.92. The van der Waals surface area contributed by atoms with Crippen LogP contribution in [0.15, 0.2) is 66.7 Å². The van der Waals surface area contributed by atoms with Gasteiger partial charge in [0.05, 0.1) is 6.54 Å². The average Bonchev–Trinajstić information content (AvgIpc) is 3.15. The highest BCUT2D eigenvalue weighted by molar-refractivity contribution is 5.96. The zero-order chi connectivity index (χ0) is 24.1. The standard InChI is InChI=1S/C27H22N2O5/c1-17-15-18(26(32)28-14-6-11-25(30)31)12-13-24(17)29-27(33)34-16-23-21-9-4-2-7-19(21)20-8-3-5-10-22(20)23/h2-5,7-10,12-13,15,23H,14,16H2,1H3,(H,28,32)(H,29,33)(H,30,31). The summed E-state index contributed by atoms with van der Waals surface area (Å²) in [5.41, 5.74) is 6.16. The van der Waals surface area contributed by atoms with E-state index in [0.29, 0.717) is 16.8 Å². The molecule has 1 aliphatic carbocycles. The van der Waals surface area contributed by atoms with Crippen LogP contribution in [-0.4, -0.2) is 36.2 Å². The first-order valence-electron chi connectivity index (χ1n) is 10.7. The van der Waals surface area contributed by atoms with E-state index in [1.165, 1.54) is 0 Å². The molecule has 1 aliphatic rings. The smallest absolute Gasteiger partial charge is 0.411 e. The molecule has 7 nitrogen and oxygen atoms in total. The van der Waals surface area contributed by atoms with Gasteiger partial charge in [0.15, 0.2) is 0 Å². The molecule has 0 aliphatic heterocycles. The summed E-state index contributed by atoms with van der Waals surface area (Å²) in [5, 5.41) is 13.7. The number of ether oxygens (including phenoxy) is 1. The van der Waals surface area contributed by atoms with E-state index in [2.05, 4.69) is 40.8 Å². The van der Waals surface area contributed by atoms with Crippen molar-refractivity contribution in [2.24, 2.45) is 0 Å². The summed E-state index contributed by atoms with van der Waals surface area (Å²) < 4.78 is 5.57. The van der Waals surface area contributed by atoms with Crippen molar-refractivity contribution in [2.45, 2.75) is 12.8 Å². The van der Waals surface area contributed by atoms with Crippen LogP contribution in [0.25, 0.3) is 11.1 Å². The number of carboxylic acids is 1. The Balaban J connectivity index is 1.37. The highest BCUT2D eigenvalue weighted by Gasteiger charge is 2.29. The fraction of sp³-hybridized carbons (Fsp3) is 0.148. The summed E-state index contributed by atoms with van der Waals surface area (Å²) in [6.45, 7) is 1.89. The van der Waals surface area contributed by atoms with Gasteiger partial charge in [-0.15, -0.1) is 0 Å². The number of carbonyl (C=O) groups is 3. The predicted molar refractivity (Wildman–Crippen MR) is 128 cm³/mol. The van der Waals surface area contributed by atoms with Gasteiger partial charge in [0.2, 0.25) is 0 Å². The van der Waals surface area contributed by atoms with Gasteiger partial charge in [-0.1, -0.05) is 54.5 Å². The molecular formula is C27H22N2O5. The lowest BCUT2D eigenvalue weighted by Gasteiger charge is -2.15. The van der Waals surface area contributed by atoms with Crippen LogP contribution in [-0.2, 0) is 9.53 Å². The average molecular weight is 454 g/mol. The van der Waals surface area contributed by atoms with Crippen LogP contribution < -0.4 is 10.6 Å². The number of hydrogen-bond acceptors (Lipinski definition) is 4. The van der Waals surface area contributed by atoms with Gasteiger partial charge in [-0.25, -0.2) is 9.59 Å². The van der Waals surface area contributed by atoms with Gasteiger partial charge >= 0.3 is 12.1 Å². The molecule has 7 heteroatoms. The van der Waals surface area contributed by atoms with E-state index >= 15 is 0 Å². The summed E-state index contributed by atoms with van der Waals surface area (Å²) in [7, 11) is 0. The maximum absolute atomic E-state index is 12.5. The van der Waals surface area contributed by atoms with Crippen molar-refractivity contribution in [3.63, 3.8) is 0 Å². The Hall–Kier alpha value is -4.57. The molecular weight excluding hydrogens is 432 g/mol. The van der Waals surface area contributed by atoms with Gasteiger partial charge in [-0.2, -0.15) is 0 Å². The van der Waals surface area contributed by atoms with Gasteiger partial charge in [-0.05, 0) is 52.9 Å². The third-order valence-electron chi connectivity index (χ3n) is 5.60. The lowest BCUT2D eigenvalue weighted by molar-refractivity contribution is -0.130. The molecule has 170 valence electrons. The monoisotopic (exact) mass is 454 g/mol. The van der Waals surface area contributed by atoms with Crippen LogP contribution in [0.4, 0.5) is 10.5 Å². The Morgan fingerprint density at radius 1 is 0.971 bits per heavy atom. The van der Waals surface area contributed by atoms with Gasteiger partial charge in [-0.3, -0.25) is 10.1 Å². The number of hydrogen-bond donors (Lipinski definition) is 3. The summed E-state index contributed by atoms with van der Waals surface area (Å²) >= 11 is 0. The van der Waals surface area contributed by atoms with Crippen molar-refractivity contribution < 1.29 is 24.2 Å². The molecule has 0 radical (unpaired) electrons. The Morgan fingerprint density at radius 3 is 2.24 bits per heavy atom. The third kappa shape index (κ3) is 4.92. The Labute approximate surface area is 196 Å². The quantitative estimate of drug-likeness (QED) is 0.502. The zero-order valence-electron chi connectivity index (χ0n) is 18.4. The number of benzene rings is 3. The van der Waals surface area contributed by atoms with Crippen molar-refractivity contribution in [3.8, 4) is 23.0 Å². The molecule has 0 atom stereocenters. The molecule has 0 saturated heterocycles. The molecule has 2 amide bonds. The van der Waals surface area contributed by atoms with Crippen molar-refractivity contribution in [2.75, 3.05) is 18.5 Å². The Bertz CT molecular complexity index is 1290. The van der Waals surface area contributed by atoms with Crippen molar-refractivity contribution in [1.82, 2.24) is 5.32 Å². The van der Waals surface area contributed by atoms with E-state index in [0.717, 1.165) is 22.3 Å². The Kier molecular flexibility index (Phi) is 6.60. The molecule has 0 aromatic heterocycles. The lowest BCUT2D eigenvalue weighted by Crippen LogP contribution is -2.24. The fourth-order valence-corrected chi connectivity index (χ4v) is 4.04. The SMILES string of the molecule is Cc1cc(C(=O)NCC#CC(=O)O)ccc1NC(=O)OCC1c2ccccc2-c2ccccc21. The molecule has 0 heterocycles. The highest BCUT2D eigenvalue weighted by atomic mass is 16.5. The van der Waals surface area contributed by atoms with Crippen LogP contribution in [0.3, 0.4) is 0 Å². The minimum Gasteiger partial charge on any atom is -0.472 e. The summed E-state index contributed by atoms with van der Waals surface area (Å²) in [4.78, 5) is 35.1. The lowest BCUT2D eigenvalue weighted by atomic mass is 9.98. The van der Waals surface area contributed by atoms with Gasteiger partial charge in [0, 0.05) is 23.1 Å². The maximum Gasteiger partial charge on any atom is 0.411 e. The van der Waals surface area contributed by atoms with E-state index in [1.54, 1.807) is 25.1 Å². The number of nitrogens with one attached hydrogen (secondary N) is 2. The van der Waals surface area contributed by atoms with Crippen LogP contribution in [0, 0.1) is 18.8 Å². The molecule has 0 spiro atoms. The maximum atomic E-state index is 12.5. The fourth-order valence-electron chi connectivity index (χ4n) is 4.04. The first-order valence-corrected chi connectivity index (χ1v) is 10.7. The predicted octanol–water partition coefficient (Wildman–Crippen LogP) is 4.17. The number of rotatable bonds is 5. The van der Waals surface area contributed by atoms with E-state index < -0.39 is 18.0 Å². The van der Waals surface area contributed by atoms with Crippen LogP contribution in [0.1, 0.15) is 33.0 Å². The number of carboxylic acid groups (broad SMARTS) is 1. The van der Waals surface area contributed by atoms with E-state index in [1.807, 2.05) is 30.2 Å². The second-order valence-corrected chi connectivity index (χ2v) is 7.77. The van der Waals surface area contributed by atoms with E-state index in [-0.39, 0.29) is 19.1 Å². The topological polar surface area (TPSA) is 105 Å². The Morgan fingerprint density at radius 2 is 1.62 bits per heavy atom. The van der Waals surface area contributed by atoms with E-state index in [9.17, 15) is 14.4 Å². The van der Waals surface area contributed by atoms with Crippen molar-refractivity contribution >= 4 is 23.7 Å². The minimum absolute atomic E-state index is 0.0328. The first kappa shape index (κ1) is 22.6. The summed E-state index contributed by atoms with van der Waals surface area (Å²) in [5.74, 6) is 2.58. The number of carbonyl (C=O) groups excluding carboxylic acids is 2. The molecule has 3 N–H and O–H groups in total.